The van der Waals surface area contributed by atoms with E-state index >= 15 is 0 Å². The summed E-state index contributed by atoms with van der Waals surface area (Å²) in [7, 11) is 0. The van der Waals surface area contributed by atoms with Crippen molar-refractivity contribution in [3.63, 3.8) is 0 Å². The van der Waals surface area contributed by atoms with E-state index in [2.05, 4.69) is 43.3 Å². The van der Waals surface area contributed by atoms with Crippen LogP contribution in [0.2, 0.25) is 0 Å². The van der Waals surface area contributed by atoms with Gasteiger partial charge in [0.05, 0.1) is 5.41 Å². The minimum atomic E-state index is -1.23. The average Bonchev–Trinajstić information content (AvgIpc) is 2.71. The molecule has 3 aromatic rings. The summed E-state index contributed by atoms with van der Waals surface area (Å²) in [6.07, 6.45) is 3.74. The Labute approximate surface area is 168 Å². The van der Waals surface area contributed by atoms with Gasteiger partial charge in [-0.2, -0.15) is 0 Å². The summed E-state index contributed by atoms with van der Waals surface area (Å²) in [6.45, 7) is 2.18. The molecule has 140 valence electrons. The molecule has 2 heteroatoms. The highest BCUT2D eigenvalue weighted by atomic mass is 32.1. The van der Waals surface area contributed by atoms with Crippen molar-refractivity contribution in [3.8, 4) is 0 Å². The molecule has 1 atom stereocenters. The maximum absolute atomic E-state index is 11.9. The molecule has 0 saturated carbocycles. The summed E-state index contributed by atoms with van der Waals surface area (Å²) in [5, 5.41) is 11.9. The fraction of sp³-hybridized carbons (Fsp3) is 0.280. The molecule has 0 fully saturated rings. The van der Waals surface area contributed by atoms with E-state index in [1.807, 2.05) is 54.6 Å². The van der Waals surface area contributed by atoms with Gasteiger partial charge in [-0.15, -0.1) is 12.6 Å². The maximum atomic E-state index is 11.9. The highest BCUT2D eigenvalue weighted by molar-refractivity contribution is 7.81. The predicted molar refractivity (Wildman–Crippen MR) is 117 cm³/mol. The topological polar surface area (TPSA) is 20.2 Å². The second-order valence-electron chi connectivity index (χ2n) is 7.12. The highest BCUT2D eigenvalue weighted by Crippen LogP contribution is 2.51. The van der Waals surface area contributed by atoms with Crippen LogP contribution in [-0.4, -0.2) is 10.0 Å². The minimum Gasteiger partial charge on any atom is -0.378 e. The number of unbranched alkanes of at least 4 members (excludes halogenated alkanes) is 2. The fourth-order valence-electron chi connectivity index (χ4n) is 4.07. The Morgan fingerprint density at radius 3 is 1.37 bits per heavy atom. The first-order valence-electron chi connectivity index (χ1n) is 9.74. The summed E-state index contributed by atoms with van der Waals surface area (Å²) in [6, 6.07) is 30.8. The van der Waals surface area contributed by atoms with Crippen molar-refractivity contribution in [1.29, 1.82) is 0 Å². The largest absolute Gasteiger partial charge is 0.378 e. The van der Waals surface area contributed by atoms with Crippen LogP contribution in [-0.2, 0) is 5.41 Å². The van der Waals surface area contributed by atoms with Crippen molar-refractivity contribution < 1.29 is 5.11 Å². The first-order chi connectivity index (χ1) is 13.1. The molecule has 0 bridgehead atoms. The Balaban J connectivity index is 2.29. The van der Waals surface area contributed by atoms with E-state index in [-0.39, 0.29) is 0 Å². The Morgan fingerprint density at radius 2 is 1.04 bits per heavy atom. The molecular formula is C25H28OS. The molecule has 3 rings (SSSR count). The third-order valence-corrected chi connectivity index (χ3v) is 5.91. The zero-order valence-electron chi connectivity index (χ0n) is 15.9. The third kappa shape index (κ3) is 3.83. The molecule has 1 unspecified atom stereocenters. The van der Waals surface area contributed by atoms with E-state index in [9.17, 15) is 5.11 Å². The summed E-state index contributed by atoms with van der Waals surface area (Å²) in [5.41, 5.74) is 2.40. The fourth-order valence-corrected chi connectivity index (χ4v) is 4.61. The van der Waals surface area contributed by atoms with Gasteiger partial charge in [-0.3, -0.25) is 0 Å². The van der Waals surface area contributed by atoms with Gasteiger partial charge < -0.3 is 5.11 Å². The summed E-state index contributed by atoms with van der Waals surface area (Å²) >= 11 is 4.93. The summed E-state index contributed by atoms with van der Waals surface area (Å²) < 4.78 is 0. The van der Waals surface area contributed by atoms with E-state index in [0.717, 1.165) is 36.0 Å². The SMILES string of the molecule is CCCCCC(O)(S)C(c1ccccc1)(c1ccccc1)c1ccccc1. The quantitative estimate of drug-likeness (QED) is 0.207. The Hall–Kier alpha value is -2.03. The monoisotopic (exact) mass is 376 g/mol. The third-order valence-electron chi connectivity index (χ3n) is 5.35. The lowest BCUT2D eigenvalue weighted by atomic mass is 9.64. The normalized spacial score (nSPS) is 13.9. The number of hydrogen-bond acceptors (Lipinski definition) is 2. The van der Waals surface area contributed by atoms with Crippen LogP contribution >= 0.6 is 12.6 Å². The molecule has 1 nitrogen and oxygen atoms in total. The predicted octanol–water partition coefficient (Wildman–Crippen LogP) is 6.22. The lowest BCUT2D eigenvalue weighted by molar-refractivity contribution is 0.0749. The van der Waals surface area contributed by atoms with Crippen molar-refractivity contribution >= 4 is 12.6 Å². The molecule has 0 saturated heterocycles. The Morgan fingerprint density at radius 1 is 0.667 bits per heavy atom. The molecule has 0 radical (unpaired) electrons. The van der Waals surface area contributed by atoms with Gasteiger partial charge >= 0.3 is 0 Å². The van der Waals surface area contributed by atoms with Crippen LogP contribution in [0.15, 0.2) is 91.0 Å². The van der Waals surface area contributed by atoms with E-state index in [1.165, 1.54) is 0 Å². The molecule has 0 amide bonds. The van der Waals surface area contributed by atoms with Crippen molar-refractivity contribution in [2.24, 2.45) is 0 Å². The number of benzene rings is 3. The Kier molecular flexibility index (Phi) is 6.41. The Bertz CT molecular complexity index is 716. The van der Waals surface area contributed by atoms with E-state index in [1.54, 1.807) is 0 Å². The van der Waals surface area contributed by atoms with Gasteiger partial charge in [0.25, 0.3) is 0 Å². The molecule has 1 N–H and O–H groups in total. The van der Waals surface area contributed by atoms with Crippen molar-refractivity contribution in [2.75, 3.05) is 0 Å². The van der Waals surface area contributed by atoms with E-state index < -0.39 is 10.3 Å². The van der Waals surface area contributed by atoms with Crippen LogP contribution in [0, 0.1) is 0 Å². The first kappa shape index (κ1) is 19.7. The van der Waals surface area contributed by atoms with Crippen molar-refractivity contribution in [3.05, 3.63) is 108 Å². The van der Waals surface area contributed by atoms with Gasteiger partial charge in [0.15, 0.2) is 0 Å². The highest BCUT2D eigenvalue weighted by Gasteiger charge is 2.51. The van der Waals surface area contributed by atoms with E-state index in [0.29, 0.717) is 6.42 Å². The number of aliphatic hydroxyl groups is 1. The van der Waals surface area contributed by atoms with Crippen LogP contribution < -0.4 is 0 Å². The van der Waals surface area contributed by atoms with Crippen molar-refractivity contribution in [2.45, 2.75) is 43.0 Å². The van der Waals surface area contributed by atoms with Crippen LogP contribution in [0.4, 0.5) is 0 Å². The second-order valence-corrected chi connectivity index (χ2v) is 7.86. The number of rotatable bonds is 8. The molecule has 3 aromatic carbocycles. The lowest BCUT2D eigenvalue weighted by Crippen LogP contribution is -2.49. The summed E-state index contributed by atoms with van der Waals surface area (Å²) in [5.74, 6) is 0. The van der Waals surface area contributed by atoms with Crippen LogP contribution in [0.3, 0.4) is 0 Å². The molecule has 0 spiro atoms. The maximum Gasteiger partial charge on any atom is 0.125 e. The van der Waals surface area contributed by atoms with Gasteiger partial charge in [0, 0.05) is 0 Å². The van der Waals surface area contributed by atoms with Gasteiger partial charge in [0.1, 0.15) is 4.93 Å². The van der Waals surface area contributed by atoms with Crippen molar-refractivity contribution in [1.82, 2.24) is 0 Å². The number of hydrogen-bond donors (Lipinski definition) is 2. The molecule has 0 aliphatic heterocycles. The zero-order chi connectivity index (χ0) is 19.2. The molecule has 0 aromatic heterocycles. The first-order valence-corrected chi connectivity index (χ1v) is 10.2. The molecule has 27 heavy (non-hydrogen) atoms. The zero-order valence-corrected chi connectivity index (χ0v) is 16.8. The molecule has 0 aliphatic carbocycles. The molecule has 0 heterocycles. The van der Waals surface area contributed by atoms with Gasteiger partial charge in [0.2, 0.25) is 0 Å². The van der Waals surface area contributed by atoms with E-state index in [4.69, 9.17) is 12.6 Å². The smallest absolute Gasteiger partial charge is 0.125 e. The average molecular weight is 377 g/mol. The lowest BCUT2D eigenvalue weighted by Gasteiger charge is -2.46. The van der Waals surface area contributed by atoms with Crippen LogP contribution in [0.1, 0.15) is 49.3 Å². The minimum absolute atomic E-state index is 0.614. The van der Waals surface area contributed by atoms with Crippen LogP contribution in [0.25, 0.3) is 0 Å². The van der Waals surface area contributed by atoms with Gasteiger partial charge in [-0.05, 0) is 29.5 Å². The van der Waals surface area contributed by atoms with Crippen LogP contribution in [0.5, 0.6) is 0 Å². The standard InChI is InChI=1S/C25H28OS/c1-2-3-13-20-24(26,27)25(21-14-7-4-8-15-21,22-16-9-5-10-17-22)23-18-11-6-12-19-23/h4-12,14-19,26-27H,2-3,13,20H2,1H3. The van der Waals surface area contributed by atoms with Gasteiger partial charge in [-0.25, -0.2) is 0 Å². The summed E-state index contributed by atoms with van der Waals surface area (Å²) in [4.78, 5) is -1.23. The molecular weight excluding hydrogens is 348 g/mol. The molecule has 0 aliphatic rings. The second kappa shape index (κ2) is 8.77. The van der Waals surface area contributed by atoms with Gasteiger partial charge in [-0.1, -0.05) is 111 Å². The number of thiol groups is 1.